The molecule has 0 saturated carbocycles. The number of carbonyl (C=O) groups excluding carboxylic acids is 3. The predicted octanol–water partition coefficient (Wildman–Crippen LogP) is 3.41. The standard InChI is InChI=1S/C22H26ClN5O5Si/c1-15(29)32-13-34(3,14-33-16(2)30)11-7-10-28-12-24-18-19(23)25-22(26-20(18)28)27-21(31)17-8-5-4-6-9-17/h4-6,8-9,12H,7,10-11,13-14H2,1-3H3,(H,25,26,27,31). The van der Waals surface area contributed by atoms with Crippen LogP contribution in [0.5, 0.6) is 0 Å². The van der Waals surface area contributed by atoms with E-state index in [1.54, 1.807) is 30.6 Å². The number of carbonyl (C=O) groups is 3. The maximum atomic E-state index is 12.5. The third kappa shape index (κ3) is 6.84. The van der Waals surface area contributed by atoms with Gasteiger partial charge in [0.1, 0.15) is 13.6 Å². The zero-order valence-corrected chi connectivity index (χ0v) is 21.0. The molecule has 1 N–H and O–H groups in total. The van der Waals surface area contributed by atoms with Crippen LogP contribution in [0.3, 0.4) is 0 Å². The van der Waals surface area contributed by atoms with Gasteiger partial charge in [0.05, 0.1) is 18.8 Å². The molecule has 12 heteroatoms. The van der Waals surface area contributed by atoms with E-state index in [9.17, 15) is 14.4 Å². The number of nitrogens with one attached hydrogen (secondary N) is 1. The molecule has 1 aromatic carbocycles. The Kier molecular flexibility index (Phi) is 8.34. The van der Waals surface area contributed by atoms with Gasteiger partial charge in [0.25, 0.3) is 5.91 Å². The van der Waals surface area contributed by atoms with Gasteiger partial charge < -0.3 is 14.0 Å². The first-order chi connectivity index (χ1) is 16.2. The van der Waals surface area contributed by atoms with Crippen LogP contribution in [-0.4, -0.2) is 57.9 Å². The highest BCUT2D eigenvalue weighted by molar-refractivity contribution is 6.78. The van der Waals surface area contributed by atoms with Crippen LogP contribution in [0.1, 0.15) is 30.6 Å². The van der Waals surface area contributed by atoms with Crippen molar-refractivity contribution < 1.29 is 23.9 Å². The van der Waals surface area contributed by atoms with E-state index in [4.69, 9.17) is 21.1 Å². The predicted molar refractivity (Wildman–Crippen MR) is 129 cm³/mol. The van der Waals surface area contributed by atoms with Gasteiger partial charge in [0.2, 0.25) is 5.95 Å². The largest absolute Gasteiger partial charge is 0.469 e. The van der Waals surface area contributed by atoms with Crippen molar-refractivity contribution in [1.82, 2.24) is 19.5 Å². The molecule has 0 aliphatic rings. The second kappa shape index (κ2) is 11.2. The Balaban J connectivity index is 1.72. The highest BCUT2D eigenvalue weighted by Gasteiger charge is 2.30. The molecule has 0 aliphatic heterocycles. The zero-order chi connectivity index (χ0) is 24.7. The van der Waals surface area contributed by atoms with Crippen LogP contribution < -0.4 is 5.32 Å². The number of imidazole rings is 1. The molecule has 0 unspecified atom stereocenters. The van der Waals surface area contributed by atoms with Gasteiger partial charge in [-0.15, -0.1) is 0 Å². The molecule has 0 aliphatic carbocycles. The number of benzene rings is 1. The molecule has 0 atom stereocenters. The van der Waals surface area contributed by atoms with Crippen LogP contribution in [0, 0.1) is 0 Å². The van der Waals surface area contributed by atoms with E-state index in [0.717, 1.165) is 6.04 Å². The van der Waals surface area contributed by atoms with Crippen molar-refractivity contribution >= 4 is 54.6 Å². The number of fused-ring (bicyclic) bond motifs is 1. The van der Waals surface area contributed by atoms with Crippen molar-refractivity contribution in [3.05, 3.63) is 47.4 Å². The van der Waals surface area contributed by atoms with Gasteiger partial charge in [-0.05, 0) is 24.6 Å². The zero-order valence-electron chi connectivity index (χ0n) is 19.2. The van der Waals surface area contributed by atoms with Crippen molar-refractivity contribution in [3.63, 3.8) is 0 Å². The number of aryl methyl sites for hydroxylation is 1. The summed E-state index contributed by atoms with van der Waals surface area (Å²) in [5.41, 5.74) is 1.39. The number of anilines is 1. The summed E-state index contributed by atoms with van der Waals surface area (Å²) < 4.78 is 12.3. The third-order valence-corrected chi connectivity index (χ3v) is 8.62. The molecular weight excluding hydrogens is 478 g/mol. The van der Waals surface area contributed by atoms with E-state index < -0.39 is 8.07 Å². The van der Waals surface area contributed by atoms with E-state index >= 15 is 0 Å². The second-order valence-corrected chi connectivity index (χ2v) is 13.3. The lowest BCUT2D eigenvalue weighted by Gasteiger charge is -2.25. The SMILES string of the molecule is CC(=O)OC[Si](C)(CCCn1cnc2c(Cl)nc(NC(=O)c3ccccc3)nc21)COC(C)=O. The summed E-state index contributed by atoms with van der Waals surface area (Å²) >= 11 is 6.29. The minimum Gasteiger partial charge on any atom is -0.469 e. The number of hydrogen-bond donors (Lipinski definition) is 1. The van der Waals surface area contributed by atoms with Gasteiger partial charge in [-0.1, -0.05) is 36.3 Å². The fourth-order valence-electron chi connectivity index (χ4n) is 3.31. The summed E-state index contributed by atoms with van der Waals surface area (Å²) in [5, 5.41) is 2.80. The van der Waals surface area contributed by atoms with E-state index in [0.29, 0.717) is 29.7 Å². The lowest BCUT2D eigenvalue weighted by molar-refractivity contribution is -0.139. The Hall–Kier alpha value is -3.31. The van der Waals surface area contributed by atoms with E-state index in [1.165, 1.54) is 13.8 Å². The van der Waals surface area contributed by atoms with Crippen molar-refractivity contribution in [1.29, 1.82) is 0 Å². The quantitative estimate of drug-likeness (QED) is 0.253. The van der Waals surface area contributed by atoms with Crippen LogP contribution in [-0.2, 0) is 25.6 Å². The smallest absolute Gasteiger partial charge is 0.302 e. The number of halogens is 1. The van der Waals surface area contributed by atoms with Gasteiger partial charge in [0, 0.05) is 26.0 Å². The third-order valence-electron chi connectivity index (χ3n) is 5.11. The van der Waals surface area contributed by atoms with Crippen LogP contribution in [0.25, 0.3) is 11.2 Å². The average Bonchev–Trinajstić information content (AvgIpc) is 3.20. The number of esters is 2. The van der Waals surface area contributed by atoms with Gasteiger partial charge >= 0.3 is 11.9 Å². The Labute approximate surface area is 202 Å². The van der Waals surface area contributed by atoms with Crippen LogP contribution in [0.2, 0.25) is 17.7 Å². The first-order valence-corrected chi connectivity index (χ1v) is 14.2. The molecule has 0 spiro atoms. The maximum Gasteiger partial charge on any atom is 0.302 e. The Bertz CT molecular complexity index is 1170. The number of amides is 1. The van der Waals surface area contributed by atoms with E-state index in [1.807, 2.05) is 17.2 Å². The van der Waals surface area contributed by atoms with E-state index in [2.05, 4.69) is 20.3 Å². The summed E-state index contributed by atoms with van der Waals surface area (Å²) in [4.78, 5) is 47.9. The molecule has 0 fully saturated rings. The Morgan fingerprint density at radius 2 is 1.71 bits per heavy atom. The summed E-state index contributed by atoms with van der Waals surface area (Å²) in [6, 6.07) is 9.46. The first kappa shape index (κ1) is 25.3. The van der Waals surface area contributed by atoms with E-state index in [-0.39, 0.29) is 41.4 Å². The summed E-state index contributed by atoms with van der Waals surface area (Å²) in [7, 11) is -2.19. The molecule has 2 aromatic heterocycles. The second-order valence-electron chi connectivity index (χ2n) is 8.24. The summed E-state index contributed by atoms with van der Waals surface area (Å²) in [5.74, 6) is -0.992. The molecule has 3 aromatic rings. The molecule has 10 nitrogen and oxygen atoms in total. The Morgan fingerprint density at radius 3 is 2.32 bits per heavy atom. The molecule has 0 saturated heterocycles. The fourth-order valence-corrected chi connectivity index (χ4v) is 6.01. The van der Waals surface area contributed by atoms with Crippen molar-refractivity contribution in [3.8, 4) is 0 Å². The van der Waals surface area contributed by atoms with Gasteiger partial charge in [-0.3, -0.25) is 19.7 Å². The van der Waals surface area contributed by atoms with Gasteiger partial charge in [-0.25, -0.2) is 4.98 Å². The topological polar surface area (TPSA) is 125 Å². The van der Waals surface area contributed by atoms with Crippen LogP contribution in [0.4, 0.5) is 5.95 Å². The number of aromatic nitrogens is 4. The van der Waals surface area contributed by atoms with Gasteiger partial charge in [0.15, 0.2) is 10.8 Å². The normalized spacial score (nSPS) is 11.3. The first-order valence-electron chi connectivity index (χ1n) is 10.7. The number of nitrogens with zero attached hydrogens (tertiary/aromatic N) is 4. The van der Waals surface area contributed by atoms with Gasteiger partial charge in [-0.2, -0.15) is 9.97 Å². The summed E-state index contributed by atoms with van der Waals surface area (Å²) in [6.07, 6.45) is 2.86. The average molecular weight is 504 g/mol. The molecule has 2 heterocycles. The van der Waals surface area contributed by atoms with Crippen LogP contribution >= 0.6 is 11.6 Å². The molecule has 0 bridgehead atoms. The maximum absolute atomic E-state index is 12.5. The van der Waals surface area contributed by atoms with Crippen molar-refractivity contribution in [2.45, 2.75) is 39.4 Å². The monoisotopic (exact) mass is 503 g/mol. The minimum atomic E-state index is -2.19. The molecule has 180 valence electrons. The molecule has 1 amide bonds. The number of ether oxygens (including phenoxy) is 2. The minimum absolute atomic E-state index is 0.0806. The van der Waals surface area contributed by atoms with Crippen molar-refractivity contribution in [2.75, 3.05) is 17.8 Å². The molecule has 34 heavy (non-hydrogen) atoms. The van der Waals surface area contributed by atoms with Crippen LogP contribution in [0.15, 0.2) is 36.7 Å². The lowest BCUT2D eigenvalue weighted by Crippen LogP contribution is -2.43. The highest BCUT2D eigenvalue weighted by Crippen LogP contribution is 2.22. The Morgan fingerprint density at radius 1 is 1.06 bits per heavy atom. The molecular formula is C22H26ClN5O5Si. The summed E-state index contributed by atoms with van der Waals surface area (Å²) in [6.45, 7) is 5.30. The fraction of sp³-hybridized carbons (Fsp3) is 0.364. The van der Waals surface area contributed by atoms with Crippen molar-refractivity contribution in [2.24, 2.45) is 0 Å². The number of hydrogen-bond acceptors (Lipinski definition) is 8. The number of rotatable bonds is 10. The molecule has 3 rings (SSSR count). The molecule has 0 radical (unpaired) electrons. The lowest BCUT2D eigenvalue weighted by atomic mass is 10.2. The highest BCUT2D eigenvalue weighted by atomic mass is 35.5.